The monoisotopic (exact) mass is 614 g/mol. The van der Waals surface area contributed by atoms with E-state index in [0.717, 1.165) is 0 Å². The quantitative estimate of drug-likeness (QED) is 0.206. The van der Waals surface area contributed by atoms with Crippen LogP contribution in [0.2, 0.25) is 0 Å². The molecule has 0 aromatic carbocycles. The van der Waals surface area contributed by atoms with Crippen LogP contribution in [0.3, 0.4) is 0 Å². The van der Waals surface area contributed by atoms with E-state index in [1.165, 1.54) is 0 Å². The molecule has 0 N–H and O–H groups in total. The second-order valence-electron chi connectivity index (χ2n) is 4.44. The first-order chi connectivity index (χ1) is 10.8. The minimum atomic E-state index is -5.61. The lowest BCUT2D eigenvalue weighted by atomic mass is 9.98. The first-order valence-electron chi connectivity index (χ1n) is 5.15. The summed E-state index contributed by atoms with van der Waals surface area (Å²) >= 11 is 52.0. The first kappa shape index (κ1) is 28.7. The molecule has 18 heteroatoms. The Hall–Kier alpha value is 2.70. The molecule has 0 rings (SSSR count). The van der Waals surface area contributed by atoms with Gasteiger partial charge in [0.2, 0.25) is 3.79 Å². The van der Waals surface area contributed by atoms with Gasteiger partial charge in [0.05, 0.1) is 0 Å². The van der Waals surface area contributed by atoms with Crippen molar-refractivity contribution in [2.24, 2.45) is 0 Å². The zero-order chi connectivity index (χ0) is 22.0. The Morgan fingerprint density at radius 1 is 0.308 bits per heavy atom. The number of alkyl halides is 18. The lowest BCUT2D eigenvalue weighted by Gasteiger charge is -2.48. The summed E-state index contributed by atoms with van der Waals surface area (Å²) < 4.78 is 91.2. The van der Waals surface area contributed by atoms with Gasteiger partial charge in [-0.15, -0.1) is 0 Å². The minimum absolute atomic E-state index is 3.72. The number of rotatable bonds is 6. The molecular weight excluding hydrogens is 619 g/mol. The summed E-state index contributed by atoms with van der Waals surface area (Å²) in [5, 5.41) is -32.0. The fourth-order valence-corrected chi connectivity index (χ4v) is 3.54. The van der Waals surface area contributed by atoms with Crippen molar-refractivity contribution in [3.8, 4) is 0 Å². The smallest absolute Gasteiger partial charge is 0.216 e. The van der Waals surface area contributed by atoms with Crippen molar-refractivity contribution in [2.45, 2.75) is 39.1 Å². The molecule has 6 atom stereocenters. The van der Waals surface area contributed by atoms with Gasteiger partial charge in [0.25, 0.3) is 30.8 Å². The molecule has 0 spiro atoms. The molecule has 0 saturated heterocycles. The lowest BCUT2D eigenvalue weighted by molar-refractivity contribution is -0.123. The largest absolute Gasteiger partial charge is 0.310 e. The maximum absolute atomic E-state index is 14.6. The third-order valence-electron chi connectivity index (χ3n) is 2.68. The van der Waals surface area contributed by atoms with Gasteiger partial charge in [-0.25, -0.2) is 30.7 Å². The van der Waals surface area contributed by atoms with Crippen LogP contribution in [0.4, 0.5) is 30.7 Å². The topological polar surface area (TPSA) is 0 Å². The van der Waals surface area contributed by atoms with Crippen molar-refractivity contribution in [2.75, 3.05) is 0 Å². The van der Waals surface area contributed by atoms with Crippen LogP contribution in [0.5, 0.6) is 0 Å². The Kier molecular flexibility index (Phi) is 8.48. The summed E-state index contributed by atoms with van der Waals surface area (Å²) in [5.74, 6) is 0. The fraction of sp³-hybridized carbons (Fsp3) is 1.00. The second kappa shape index (κ2) is 7.68. The molecule has 0 saturated carbocycles. The highest BCUT2D eigenvalue weighted by atomic mass is 35.6. The molecule has 0 nitrogen and oxygen atoms in total. The van der Waals surface area contributed by atoms with Crippen LogP contribution >= 0.6 is 128 Å². The van der Waals surface area contributed by atoms with Crippen molar-refractivity contribution in [1.29, 1.82) is 0 Å². The molecule has 0 aliphatic rings. The average molecular weight is 619 g/mol. The average Bonchev–Trinajstić information content (AvgIpc) is 2.34. The van der Waals surface area contributed by atoms with E-state index in [-0.39, 0.29) is 0 Å². The summed E-state index contributed by atoms with van der Waals surface area (Å²) in [7, 11) is 0. The van der Waals surface area contributed by atoms with Gasteiger partial charge in [-0.2, -0.15) is 0 Å². The van der Waals surface area contributed by atoms with Crippen molar-refractivity contribution >= 4 is 128 Å². The summed E-state index contributed by atoms with van der Waals surface area (Å²) in [6.07, 6.45) is 0. The van der Waals surface area contributed by atoms with Gasteiger partial charge in [0.15, 0.2) is 0 Å². The van der Waals surface area contributed by atoms with E-state index in [9.17, 15) is 30.7 Å². The van der Waals surface area contributed by atoms with E-state index in [1.807, 2.05) is 0 Å². The molecule has 0 bridgehead atoms. The molecule has 0 amide bonds. The van der Waals surface area contributed by atoms with E-state index < -0.39 is 39.1 Å². The Morgan fingerprint density at radius 2 is 0.500 bits per heavy atom. The molecule has 0 radical (unpaired) electrons. The van der Waals surface area contributed by atoms with Gasteiger partial charge in [-0.1, -0.05) is 128 Å². The molecule has 0 aliphatic heterocycles. The molecule has 0 aliphatic carbocycles. The molecule has 26 heavy (non-hydrogen) atoms. The molecule has 0 aromatic heterocycles. The maximum atomic E-state index is 14.6. The van der Waals surface area contributed by atoms with Gasteiger partial charge < -0.3 is 0 Å². The van der Waals surface area contributed by atoms with Gasteiger partial charge in [0, 0.05) is 0 Å². The van der Waals surface area contributed by atoms with Crippen molar-refractivity contribution < 1.29 is 30.7 Å². The lowest BCUT2D eigenvalue weighted by Crippen LogP contribution is -2.71. The highest BCUT2D eigenvalue weighted by Gasteiger charge is 2.87. The number of hydrogen-bond donors (Lipinski definition) is 0. The molecular formula is C8Cl11F7. The Labute approximate surface area is 196 Å². The highest BCUT2D eigenvalue weighted by molar-refractivity contribution is 6.71. The molecule has 158 valence electrons. The maximum Gasteiger partial charge on any atom is 0.310 e. The third-order valence-corrected chi connectivity index (χ3v) is 8.10. The van der Waals surface area contributed by atoms with Gasteiger partial charge in [-0.05, 0) is 0 Å². The van der Waals surface area contributed by atoms with E-state index in [2.05, 4.69) is 58.0 Å². The summed E-state index contributed by atoms with van der Waals surface area (Å²) in [6, 6.07) is 0. The third kappa shape index (κ3) is 4.09. The number of halogens is 18. The van der Waals surface area contributed by atoms with Crippen LogP contribution in [0.25, 0.3) is 0 Å². The molecule has 0 heterocycles. The normalized spacial score (nSPS) is 27.9. The van der Waals surface area contributed by atoms with Gasteiger partial charge >= 0.3 is 4.59 Å². The van der Waals surface area contributed by atoms with E-state index in [1.54, 1.807) is 0 Å². The molecule has 0 fully saturated rings. The summed E-state index contributed by atoms with van der Waals surface area (Å²) in [6.45, 7) is 0. The highest BCUT2D eigenvalue weighted by Crippen LogP contribution is 2.68. The first-order valence-corrected chi connectivity index (χ1v) is 9.31. The second-order valence-corrected chi connectivity index (χ2v) is 11.1. The molecule has 6 unspecified atom stereocenters. The predicted octanol–water partition coefficient (Wildman–Crippen LogP) is 8.89. The fourth-order valence-electron chi connectivity index (χ4n) is 1.14. The molecule has 0 aromatic rings. The van der Waals surface area contributed by atoms with Crippen molar-refractivity contribution in [3.05, 3.63) is 0 Å². The van der Waals surface area contributed by atoms with Crippen LogP contribution in [0.15, 0.2) is 0 Å². The standard InChI is InChI=1S/C8Cl11F7/c9-1(20,3(11,22)5(13,24)7(15,16)17)2(10,21)4(12,23)6(14,25)8(18,19)26. The van der Waals surface area contributed by atoms with Crippen LogP contribution < -0.4 is 0 Å². The van der Waals surface area contributed by atoms with Crippen molar-refractivity contribution in [3.63, 3.8) is 0 Å². The van der Waals surface area contributed by atoms with E-state index >= 15 is 0 Å². The predicted molar refractivity (Wildman–Crippen MR) is 94.0 cm³/mol. The van der Waals surface area contributed by atoms with Gasteiger partial charge in [0.1, 0.15) is 0 Å². The zero-order valence-corrected chi connectivity index (χ0v) is 19.1. The van der Waals surface area contributed by atoms with E-state index in [0.29, 0.717) is 0 Å². The van der Waals surface area contributed by atoms with Crippen LogP contribution in [0, 0.1) is 0 Å². The minimum Gasteiger partial charge on any atom is -0.216 e. The van der Waals surface area contributed by atoms with E-state index in [4.69, 9.17) is 69.6 Å². The Bertz CT molecular complexity index is 486. The SMILES string of the molecule is FC(Cl)(Cl)C(F)(Cl)C(F)(Cl)C(F)(Cl)C(F)(Cl)C(F)(Cl)C(F)(Cl)C(Cl)(Cl)Cl. The Morgan fingerprint density at radius 3 is 0.692 bits per heavy atom. The number of hydrogen-bond acceptors (Lipinski definition) is 0. The van der Waals surface area contributed by atoms with Gasteiger partial charge in [-0.3, -0.25) is 0 Å². The van der Waals surface area contributed by atoms with Crippen LogP contribution in [0.1, 0.15) is 0 Å². The zero-order valence-electron chi connectivity index (χ0n) is 10.8. The van der Waals surface area contributed by atoms with Crippen LogP contribution in [-0.2, 0) is 0 Å². The van der Waals surface area contributed by atoms with Crippen molar-refractivity contribution in [1.82, 2.24) is 0 Å². The summed E-state index contributed by atoms with van der Waals surface area (Å²) in [5.41, 5.74) is 0. The van der Waals surface area contributed by atoms with Crippen LogP contribution in [-0.4, -0.2) is 39.1 Å². The Balaban J connectivity index is 6.61. The summed E-state index contributed by atoms with van der Waals surface area (Å²) in [4.78, 5) is 0.